The molecule has 1 heterocycles. The van der Waals surface area contributed by atoms with Gasteiger partial charge < -0.3 is 4.74 Å². The predicted octanol–water partition coefficient (Wildman–Crippen LogP) is 2.18. The standard InChI is InChI=1S/C14H18ClFN4O/c1-9-4-3-5-10(12(9)16)13(19-17)14-11(15)8-18-20(14)6-7-21-2/h3-5,8,13,19H,6-7,17H2,1-2H3. The van der Waals surface area contributed by atoms with Gasteiger partial charge in [-0.25, -0.2) is 9.82 Å². The van der Waals surface area contributed by atoms with Crippen LogP contribution >= 0.6 is 11.6 Å². The molecule has 0 amide bonds. The number of ether oxygens (including phenoxy) is 1. The van der Waals surface area contributed by atoms with Crippen molar-refractivity contribution in [3.63, 3.8) is 0 Å². The monoisotopic (exact) mass is 312 g/mol. The number of nitrogens with two attached hydrogens (primary N) is 1. The quantitative estimate of drug-likeness (QED) is 0.634. The number of hydrazine groups is 1. The van der Waals surface area contributed by atoms with Crippen LogP contribution in [0.1, 0.15) is 22.9 Å². The zero-order valence-corrected chi connectivity index (χ0v) is 12.7. The van der Waals surface area contributed by atoms with E-state index in [1.807, 2.05) is 0 Å². The summed E-state index contributed by atoms with van der Waals surface area (Å²) < 4.78 is 21.1. The van der Waals surface area contributed by atoms with E-state index in [1.54, 1.807) is 36.9 Å². The molecule has 0 saturated carbocycles. The minimum atomic E-state index is -0.586. The van der Waals surface area contributed by atoms with Gasteiger partial charge in [-0.2, -0.15) is 5.10 Å². The van der Waals surface area contributed by atoms with Crippen molar-refractivity contribution >= 4 is 11.6 Å². The van der Waals surface area contributed by atoms with Crippen LogP contribution in [-0.4, -0.2) is 23.5 Å². The van der Waals surface area contributed by atoms with E-state index in [-0.39, 0.29) is 5.82 Å². The summed E-state index contributed by atoms with van der Waals surface area (Å²) in [6.07, 6.45) is 1.52. The van der Waals surface area contributed by atoms with Gasteiger partial charge in [0.2, 0.25) is 0 Å². The molecule has 0 radical (unpaired) electrons. The second kappa shape index (κ2) is 7.00. The lowest BCUT2D eigenvalue weighted by Gasteiger charge is -2.20. The predicted molar refractivity (Wildman–Crippen MR) is 79.4 cm³/mol. The summed E-state index contributed by atoms with van der Waals surface area (Å²) in [6.45, 7) is 2.68. The molecule has 5 nitrogen and oxygen atoms in total. The van der Waals surface area contributed by atoms with Crippen LogP contribution in [0.2, 0.25) is 5.02 Å². The van der Waals surface area contributed by atoms with Gasteiger partial charge in [0.15, 0.2) is 0 Å². The molecule has 3 N–H and O–H groups in total. The molecule has 1 aromatic heterocycles. The van der Waals surface area contributed by atoms with Crippen LogP contribution < -0.4 is 11.3 Å². The van der Waals surface area contributed by atoms with Crippen molar-refractivity contribution in [2.45, 2.75) is 19.5 Å². The molecule has 1 atom stereocenters. The van der Waals surface area contributed by atoms with Crippen LogP contribution in [-0.2, 0) is 11.3 Å². The molecule has 0 aliphatic heterocycles. The molecule has 0 bridgehead atoms. The van der Waals surface area contributed by atoms with Crippen molar-refractivity contribution in [3.05, 3.63) is 52.1 Å². The van der Waals surface area contributed by atoms with E-state index in [1.165, 1.54) is 6.20 Å². The Bertz CT molecular complexity index is 617. The maximum atomic E-state index is 14.4. The van der Waals surface area contributed by atoms with Crippen molar-refractivity contribution < 1.29 is 9.13 Å². The third kappa shape index (κ3) is 3.24. The summed E-state index contributed by atoms with van der Waals surface area (Å²) in [5.74, 6) is 5.32. The Morgan fingerprint density at radius 2 is 2.29 bits per heavy atom. The molecular formula is C14H18ClFN4O. The molecule has 1 aromatic carbocycles. The minimum absolute atomic E-state index is 0.309. The van der Waals surface area contributed by atoms with Gasteiger partial charge in [-0.3, -0.25) is 10.5 Å². The van der Waals surface area contributed by atoms with Gasteiger partial charge in [-0.05, 0) is 12.5 Å². The highest BCUT2D eigenvalue weighted by molar-refractivity contribution is 6.31. The summed E-state index contributed by atoms with van der Waals surface area (Å²) in [5.41, 5.74) is 4.21. The topological polar surface area (TPSA) is 65.1 Å². The number of aromatic nitrogens is 2. The summed E-state index contributed by atoms with van der Waals surface area (Å²) in [5, 5.41) is 4.61. The molecule has 114 valence electrons. The lowest BCUT2D eigenvalue weighted by Crippen LogP contribution is -2.32. The summed E-state index contributed by atoms with van der Waals surface area (Å²) in [7, 11) is 1.60. The SMILES string of the molecule is COCCn1ncc(Cl)c1C(NN)c1cccc(C)c1F. The molecular weight excluding hydrogens is 295 g/mol. The van der Waals surface area contributed by atoms with Crippen molar-refractivity contribution in [2.75, 3.05) is 13.7 Å². The third-order valence-electron chi connectivity index (χ3n) is 3.31. The van der Waals surface area contributed by atoms with Crippen molar-refractivity contribution in [1.82, 2.24) is 15.2 Å². The maximum Gasteiger partial charge on any atom is 0.131 e. The van der Waals surface area contributed by atoms with Crippen molar-refractivity contribution in [2.24, 2.45) is 5.84 Å². The van der Waals surface area contributed by atoms with Gasteiger partial charge in [0.1, 0.15) is 5.82 Å². The summed E-state index contributed by atoms with van der Waals surface area (Å²) >= 11 is 6.20. The number of methoxy groups -OCH3 is 1. The number of rotatable bonds is 6. The Morgan fingerprint density at radius 3 is 2.95 bits per heavy atom. The summed E-state index contributed by atoms with van der Waals surface area (Å²) in [6, 6.07) is 4.58. The second-order valence-electron chi connectivity index (χ2n) is 4.67. The van der Waals surface area contributed by atoms with Crippen LogP contribution in [0.15, 0.2) is 24.4 Å². The minimum Gasteiger partial charge on any atom is -0.383 e. The van der Waals surface area contributed by atoms with E-state index in [0.29, 0.717) is 35.0 Å². The van der Waals surface area contributed by atoms with Gasteiger partial charge in [-0.15, -0.1) is 0 Å². The normalized spacial score (nSPS) is 12.6. The lowest BCUT2D eigenvalue weighted by atomic mass is 10.0. The fourth-order valence-electron chi connectivity index (χ4n) is 2.22. The smallest absolute Gasteiger partial charge is 0.131 e. The first-order valence-electron chi connectivity index (χ1n) is 6.51. The molecule has 21 heavy (non-hydrogen) atoms. The molecule has 2 aromatic rings. The Hall–Kier alpha value is -1.47. The highest BCUT2D eigenvalue weighted by Gasteiger charge is 2.24. The fourth-order valence-corrected chi connectivity index (χ4v) is 2.47. The number of benzene rings is 1. The van der Waals surface area contributed by atoms with E-state index in [9.17, 15) is 4.39 Å². The lowest BCUT2D eigenvalue weighted by molar-refractivity contribution is 0.182. The molecule has 0 fully saturated rings. The van der Waals surface area contributed by atoms with Gasteiger partial charge >= 0.3 is 0 Å². The number of hydrogen-bond acceptors (Lipinski definition) is 4. The van der Waals surface area contributed by atoms with Crippen molar-refractivity contribution in [1.29, 1.82) is 0 Å². The third-order valence-corrected chi connectivity index (χ3v) is 3.60. The van der Waals surface area contributed by atoms with Crippen LogP contribution in [0.25, 0.3) is 0 Å². The zero-order chi connectivity index (χ0) is 15.4. The molecule has 7 heteroatoms. The molecule has 0 saturated heterocycles. The molecule has 0 aliphatic rings. The number of aryl methyl sites for hydroxylation is 1. The van der Waals surface area contributed by atoms with Crippen LogP contribution in [0.3, 0.4) is 0 Å². The van der Waals surface area contributed by atoms with E-state index < -0.39 is 6.04 Å². The Labute approximate surface area is 127 Å². The highest BCUT2D eigenvalue weighted by atomic mass is 35.5. The van der Waals surface area contributed by atoms with E-state index in [4.69, 9.17) is 22.2 Å². The average Bonchev–Trinajstić information content (AvgIpc) is 2.83. The molecule has 1 unspecified atom stereocenters. The highest BCUT2D eigenvalue weighted by Crippen LogP contribution is 2.30. The second-order valence-corrected chi connectivity index (χ2v) is 5.08. The fraction of sp³-hybridized carbons (Fsp3) is 0.357. The Balaban J connectivity index is 2.46. The van der Waals surface area contributed by atoms with Crippen molar-refractivity contribution in [3.8, 4) is 0 Å². The number of nitrogens with zero attached hydrogens (tertiary/aromatic N) is 2. The molecule has 0 spiro atoms. The largest absolute Gasteiger partial charge is 0.383 e. The van der Waals surface area contributed by atoms with Gasteiger partial charge in [-0.1, -0.05) is 29.8 Å². The molecule has 0 aliphatic carbocycles. The average molecular weight is 313 g/mol. The first kappa shape index (κ1) is 15.9. The molecule has 2 rings (SSSR count). The van der Waals surface area contributed by atoms with Gasteiger partial charge in [0.25, 0.3) is 0 Å². The van der Waals surface area contributed by atoms with E-state index in [0.717, 1.165) is 0 Å². The van der Waals surface area contributed by atoms with Gasteiger partial charge in [0.05, 0.1) is 36.1 Å². The maximum absolute atomic E-state index is 14.4. The van der Waals surface area contributed by atoms with Gasteiger partial charge in [0, 0.05) is 12.7 Å². The zero-order valence-electron chi connectivity index (χ0n) is 11.9. The number of nitrogens with one attached hydrogen (secondary N) is 1. The van der Waals surface area contributed by atoms with E-state index >= 15 is 0 Å². The summed E-state index contributed by atoms with van der Waals surface area (Å²) in [4.78, 5) is 0. The first-order valence-corrected chi connectivity index (χ1v) is 6.89. The first-order chi connectivity index (χ1) is 10.1. The number of halogens is 2. The number of hydrogen-bond donors (Lipinski definition) is 2. The van der Waals surface area contributed by atoms with Crippen LogP contribution in [0.4, 0.5) is 4.39 Å². The van der Waals surface area contributed by atoms with Crippen LogP contribution in [0, 0.1) is 12.7 Å². The van der Waals surface area contributed by atoms with Crippen LogP contribution in [0.5, 0.6) is 0 Å². The Kier molecular flexibility index (Phi) is 5.30. The Morgan fingerprint density at radius 1 is 1.52 bits per heavy atom. The van der Waals surface area contributed by atoms with E-state index in [2.05, 4.69) is 10.5 Å².